The normalized spacial score (nSPS) is 14.9. The van der Waals surface area contributed by atoms with Gasteiger partial charge in [-0.05, 0) is 36.0 Å². The summed E-state index contributed by atoms with van der Waals surface area (Å²) in [5.41, 5.74) is 2.15. The zero-order valence-electron chi connectivity index (χ0n) is 12.6. The molecule has 1 heterocycles. The van der Waals surface area contributed by atoms with Crippen molar-refractivity contribution in [2.24, 2.45) is 11.8 Å². The highest BCUT2D eigenvalue weighted by molar-refractivity contribution is 5.73. The van der Waals surface area contributed by atoms with Crippen LogP contribution in [0, 0.1) is 11.8 Å². The number of nitrogens with zero attached hydrogens (tertiary/aromatic N) is 1. The highest BCUT2D eigenvalue weighted by Crippen LogP contribution is 2.29. The summed E-state index contributed by atoms with van der Waals surface area (Å²) in [7, 11) is 0. The summed E-state index contributed by atoms with van der Waals surface area (Å²) < 4.78 is 6.92. The average Bonchev–Trinajstić information content (AvgIpc) is 2.73. The molecular weight excluding hydrogens is 254 g/mol. The van der Waals surface area contributed by atoms with E-state index >= 15 is 0 Å². The van der Waals surface area contributed by atoms with Gasteiger partial charge < -0.3 is 9.52 Å². The Morgan fingerprint density at radius 2 is 2.00 bits per heavy atom. The van der Waals surface area contributed by atoms with E-state index in [2.05, 4.69) is 13.8 Å². The number of rotatable bonds is 5. The predicted octanol–water partition coefficient (Wildman–Crippen LogP) is 3.33. The Bertz CT molecular complexity index is 639. The Labute approximate surface area is 119 Å². The van der Waals surface area contributed by atoms with Gasteiger partial charge in [-0.2, -0.15) is 0 Å². The van der Waals surface area contributed by atoms with Gasteiger partial charge >= 0.3 is 5.76 Å². The molecule has 1 aromatic carbocycles. The van der Waals surface area contributed by atoms with Crippen molar-refractivity contribution in [1.29, 1.82) is 0 Å². The molecule has 2 rings (SSSR count). The third-order valence-electron chi connectivity index (χ3n) is 4.03. The molecule has 2 aromatic rings. The highest BCUT2D eigenvalue weighted by atomic mass is 16.4. The van der Waals surface area contributed by atoms with Crippen LogP contribution in [0.25, 0.3) is 11.1 Å². The summed E-state index contributed by atoms with van der Waals surface area (Å²) in [5, 5.41) is 10.4. The van der Waals surface area contributed by atoms with Crippen LogP contribution in [-0.2, 0) is 6.54 Å². The van der Waals surface area contributed by atoms with Gasteiger partial charge in [0.1, 0.15) is 0 Å². The molecule has 110 valence electrons. The fourth-order valence-electron chi connectivity index (χ4n) is 2.37. The summed E-state index contributed by atoms with van der Waals surface area (Å²) in [6, 6.07) is 5.53. The lowest BCUT2D eigenvalue weighted by Crippen LogP contribution is -2.15. The van der Waals surface area contributed by atoms with E-state index < -0.39 is 6.10 Å². The van der Waals surface area contributed by atoms with E-state index in [-0.39, 0.29) is 11.7 Å². The quantitative estimate of drug-likeness (QED) is 0.912. The minimum absolute atomic E-state index is 0.150. The number of hydrogen-bond donors (Lipinski definition) is 1. The van der Waals surface area contributed by atoms with Crippen LogP contribution in [0.1, 0.15) is 45.8 Å². The van der Waals surface area contributed by atoms with Gasteiger partial charge in [0.15, 0.2) is 5.58 Å². The Morgan fingerprint density at radius 3 is 2.60 bits per heavy atom. The average molecular weight is 277 g/mol. The highest BCUT2D eigenvalue weighted by Gasteiger charge is 2.20. The first-order chi connectivity index (χ1) is 9.45. The fraction of sp³-hybridized carbons (Fsp3) is 0.562. The van der Waals surface area contributed by atoms with Gasteiger partial charge in [0, 0.05) is 6.54 Å². The second kappa shape index (κ2) is 5.83. The van der Waals surface area contributed by atoms with Crippen molar-refractivity contribution in [2.75, 3.05) is 0 Å². The Morgan fingerprint density at radius 1 is 1.30 bits per heavy atom. The van der Waals surface area contributed by atoms with Gasteiger partial charge in [-0.3, -0.25) is 4.57 Å². The second-order valence-electron chi connectivity index (χ2n) is 5.79. The molecule has 1 N–H and O–H groups in total. The number of aliphatic hydroxyl groups is 1. The van der Waals surface area contributed by atoms with Crippen LogP contribution >= 0.6 is 0 Å². The third-order valence-corrected chi connectivity index (χ3v) is 4.03. The largest absolute Gasteiger partial charge is 0.419 e. The minimum Gasteiger partial charge on any atom is -0.408 e. The standard InChI is InChI=1S/C16H23NO3/c1-5-8-17-13-7-6-12(9-14(13)20-16(17)19)15(18)11(4)10(2)3/h6-7,9-11,15,18H,5,8H2,1-4H3. The lowest BCUT2D eigenvalue weighted by atomic mass is 9.88. The summed E-state index contributed by atoms with van der Waals surface area (Å²) in [5.74, 6) is 0.208. The molecule has 2 atom stereocenters. The first kappa shape index (κ1) is 14.9. The SMILES string of the molecule is CCCn1c(=O)oc2cc(C(O)C(C)C(C)C)ccc21. The molecule has 1 aromatic heterocycles. The number of oxazole rings is 1. The lowest BCUT2D eigenvalue weighted by molar-refractivity contribution is 0.0921. The van der Waals surface area contributed by atoms with E-state index in [1.54, 1.807) is 10.6 Å². The van der Waals surface area contributed by atoms with Crippen LogP contribution in [0.3, 0.4) is 0 Å². The third kappa shape index (κ3) is 2.66. The van der Waals surface area contributed by atoms with Crippen LogP contribution in [-0.4, -0.2) is 9.67 Å². The van der Waals surface area contributed by atoms with E-state index in [4.69, 9.17) is 4.42 Å². The summed E-state index contributed by atoms with van der Waals surface area (Å²) >= 11 is 0. The molecule has 0 aliphatic carbocycles. The Balaban J connectivity index is 2.42. The summed E-state index contributed by atoms with van der Waals surface area (Å²) in [6.07, 6.45) is 0.336. The second-order valence-corrected chi connectivity index (χ2v) is 5.79. The summed E-state index contributed by atoms with van der Waals surface area (Å²) in [6.45, 7) is 8.87. The topological polar surface area (TPSA) is 55.4 Å². The molecule has 0 fully saturated rings. The molecule has 0 aliphatic rings. The molecule has 2 unspecified atom stereocenters. The number of hydrogen-bond acceptors (Lipinski definition) is 3. The van der Waals surface area contributed by atoms with Crippen molar-refractivity contribution in [3.05, 3.63) is 34.3 Å². The van der Waals surface area contributed by atoms with Crippen LogP contribution in [0.4, 0.5) is 0 Å². The first-order valence-corrected chi connectivity index (χ1v) is 7.27. The Kier molecular flexibility index (Phi) is 4.33. The van der Waals surface area contributed by atoms with Gasteiger partial charge in [0.2, 0.25) is 0 Å². The van der Waals surface area contributed by atoms with Crippen LogP contribution in [0.2, 0.25) is 0 Å². The van der Waals surface area contributed by atoms with Gasteiger partial charge in [-0.25, -0.2) is 4.79 Å². The minimum atomic E-state index is -0.542. The molecule has 0 saturated carbocycles. The van der Waals surface area contributed by atoms with Crippen molar-refractivity contribution < 1.29 is 9.52 Å². The van der Waals surface area contributed by atoms with Crippen molar-refractivity contribution in [3.63, 3.8) is 0 Å². The van der Waals surface area contributed by atoms with Crippen LogP contribution < -0.4 is 5.76 Å². The van der Waals surface area contributed by atoms with E-state index in [0.717, 1.165) is 17.5 Å². The summed E-state index contributed by atoms with van der Waals surface area (Å²) in [4.78, 5) is 11.8. The van der Waals surface area contributed by atoms with Gasteiger partial charge in [0.25, 0.3) is 0 Å². The van der Waals surface area contributed by atoms with Crippen LogP contribution in [0.15, 0.2) is 27.4 Å². The molecule has 4 nitrogen and oxygen atoms in total. The zero-order valence-corrected chi connectivity index (χ0v) is 12.6. The maximum Gasteiger partial charge on any atom is 0.419 e. The zero-order chi connectivity index (χ0) is 14.9. The molecule has 0 radical (unpaired) electrons. The smallest absolute Gasteiger partial charge is 0.408 e. The molecule has 0 bridgehead atoms. The maximum absolute atomic E-state index is 11.8. The number of aryl methyl sites for hydroxylation is 1. The fourth-order valence-corrected chi connectivity index (χ4v) is 2.37. The lowest BCUT2D eigenvalue weighted by Gasteiger charge is -2.22. The number of benzene rings is 1. The van der Waals surface area contributed by atoms with E-state index in [1.165, 1.54) is 0 Å². The first-order valence-electron chi connectivity index (χ1n) is 7.27. The maximum atomic E-state index is 11.8. The van der Waals surface area contributed by atoms with Gasteiger partial charge in [-0.1, -0.05) is 33.8 Å². The molecule has 0 amide bonds. The van der Waals surface area contributed by atoms with Crippen molar-refractivity contribution in [2.45, 2.75) is 46.8 Å². The number of fused-ring (bicyclic) bond motifs is 1. The van der Waals surface area contributed by atoms with Crippen molar-refractivity contribution >= 4 is 11.1 Å². The predicted molar refractivity (Wildman–Crippen MR) is 79.7 cm³/mol. The molecule has 4 heteroatoms. The molecule has 0 spiro atoms. The molecule has 20 heavy (non-hydrogen) atoms. The molecule has 0 saturated heterocycles. The van der Waals surface area contributed by atoms with E-state index in [9.17, 15) is 9.90 Å². The van der Waals surface area contributed by atoms with Gasteiger partial charge in [0.05, 0.1) is 11.6 Å². The van der Waals surface area contributed by atoms with Gasteiger partial charge in [-0.15, -0.1) is 0 Å². The Hall–Kier alpha value is -1.55. The number of aliphatic hydroxyl groups excluding tert-OH is 1. The molecular formula is C16H23NO3. The van der Waals surface area contributed by atoms with Crippen LogP contribution in [0.5, 0.6) is 0 Å². The van der Waals surface area contributed by atoms with Crippen molar-refractivity contribution in [3.8, 4) is 0 Å². The van der Waals surface area contributed by atoms with E-state index in [1.807, 2.05) is 26.0 Å². The van der Waals surface area contributed by atoms with Crippen molar-refractivity contribution in [1.82, 2.24) is 4.57 Å². The van der Waals surface area contributed by atoms with E-state index in [0.29, 0.717) is 18.0 Å². The number of aromatic nitrogens is 1. The molecule has 0 aliphatic heterocycles. The monoisotopic (exact) mass is 277 g/mol.